The van der Waals surface area contributed by atoms with Gasteiger partial charge in [-0.15, -0.1) is 0 Å². The van der Waals surface area contributed by atoms with Crippen molar-refractivity contribution in [2.75, 3.05) is 13.1 Å². The molecule has 0 atom stereocenters. The van der Waals surface area contributed by atoms with Gasteiger partial charge in [0.25, 0.3) is 0 Å². The zero-order valence-electron chi connectivity index (χ0n) is 15.3. The second kappa shape index (κ2) is 8.79. The molecule has 2 aromatic carbocycles. The lowest BCUT2D eigenvalue weighted by Crippen LogP contribution is -2.43. The van der Waals surface area contributed by atoms with E-state index in [1.807, 2.05) is 0 Å². The van der Waals surface area contributed by atoms with Gasteiger partial charge >= 0.3 is 0 Å². The summed E-state index contributed by atoms with van der Waals surface area (Å²) in [5, 5.41) is 2.82. The lowest BCUT2D eigenvalue weighted by atomic mass is 9.97. The molecule has 2 aromatic rings. The van der Waals surface area contributed by atoms with E-state index in [-0.39, 0.29) is 36.5 Å². The Hall–Kier alpha value is -2.32. The summed E-state index contributed by atoms with van der Waals surface area (Å²) < 4.78 is 52.4. The third-order valence-electron chi connectivity index (χ3n) is 4.86. The molecule has 0 spiro atoms. The molecule has 0 radical (unpaired) electrons. The molecule has 1 N–H and O–H groups in total. The van der Waals surface area contributed by atoms with Crippen LogP contribution in [-0.2, 0) is 27.1 Å². The fourth-order valence-electron chi connectivity index (χ4n) is 3.21. The molecular formula is C20H22F2N2O3S. The van der Waals surface area contributed by atoms with Crippen LogP contribution in [0.5, 0.6) is 0 Å². The van der Waals surface area contributed by atoms with E-state index in [1.165, 1.54) is 40.7 Å². The number of carbonyl (C=O) groups excluding carboxylic acids is 1. The predicted molar refractivity (Wildman–Crippen MR) is 102 cm³/mol. The SMILES string of the molecule is O=C(NCc1ccc(F)cc1)C1CCN(S(=O)(=O)Cc2ccc(F)cc2)CC1. The van der Waals surface area contributed by atoms with Crippen LogP contribution < -0.4 is 5.32 Å². The van der Waals surface area contributed by atoms with Crippen molar-refractivity contribution >= 4 is 15.9 Å². The maximum Gasteiger partial charge on any atom is 0.223 e. The molecule has 1 heterocycles. The topological polar surface area (TPSA) is 66.5 Å². The van der Waals surface area contributed by atoms with Crippen LogP contribution >= 0.6 is 0 Å². The zero-order chi connectivity index (χ0) is 20.1. The molecule has 1 aliphatic rings. The Morgan fingerprint density at radius 1 is 0.929 bits per heavy atom. The van der Waals surface area contributed by atoms with Gasteiger partial charge in [-0.3, -0.25) is 4.79 Å². The zero-order valence-corrected chi connectivity index (χ0v) is 16.1. The minimum Gasteiger partial charge on any atom is -0.352 e. The first-order chi connectivity index (χ1) is 13.3. The molecule has 1 aliphatic heterocycles. The van der Waals surface area contributed by atoms with E-state index < -0.39 is 15.8 Å². The van der Waals surface area contributed by atoms with Gasteiger partial charge < -0.3 is 5.32 Å². The minimum atomic E-state index is -3.51. The highest BCUT2D eigenvalue weighted by atomic mass is 32.2. The van der Waals surface area contributed by atoms with Crippen LogP contribution in [0.4, 0.5) is 8.78 Å². The fourth-order valence-corrected chi connectivity index (χ4v) is 4.78. The lowest BCUT2D eigenvalue weighted by Gasteiger charge is -2.30. The van der Waals surface area contributed by atoms with Crippen LogP contribution in [0.1, 0.15) is 24.0 Å². The van der Waals surface area contributed by atoms with E-state index in [0.29, 0.717) is 24.9 Å². The van der Waals surface area contributed by atoms with Gasteiger partial charge in [-0.25, -0.2) is 21.5 Å². The Bertz CT molecular complexity index is 907. The summed E-state index contributed by atoms with van der Waals surface area (Å²) >= 11 is 0. The van der Waals surface area contributed by atoms with Gasteiger partial charge in [0.05, 0.1) is 5.75 Å². The number of hydrogen-bond acceptors (Lipinski definition) is 3. The smallest absolute Gasteiger partial charge is 0.223 e. The highest BCUT2D eigenvalue weighted by Gasteiger charge is 2.31. The average Bonchev–Trinajstić information content (AvgIpc) is 2.69. The molecule has 1 fully saturated rings. The van der Waals surface area contributed by atoms with Gasteiger partial charge in [0.15, 0.2) is 0 Å². The average molecular weight is 408 g/mol. The summed E-state index contributed by atoms with van der Waals surface area (Å²) in [6.45, 7) is 0.860. The molecule has 5 nitrogen and oxygen atoms in total. The van der Waals surface area contributed by atoms with E-state index in [1.54, 1.807) is 12.1 Å². The molecule has 1 saturated heterocycles. The van der Waals surface area contributed by atoms with Gasteiger partial charge in [0.2, 0.25) is 15.9 Å². The van der Waals surface area contributed by atoms with Crippen molar-refractivity contribution in [3.8, 4) is 0 Å². The van der Waals surface area contributed by atoms with Gasteiger partial charge in [0.1, 0.15) is 11.6 Å². The van der Waals surface area contributed by atoms with Crippen molar-refractivity contribution in [3.05, 3.63) is 71.3 Å². The minimum absolute atomic E-state index is 0.125. The summed E-state index contributed by atoms with van der Waals surface area (Å²) in [6, 6.07) is 11.3. The molecule has 0 unspecified atom stereocenters. The molecule has 0 aliphatic carbocycles. The maximum atomic E-state index is 13.0. The van der Waals surface area contributed by atoms with Crippen molar-refractivity contribution in [1.29, 1.82) is 0 Å². The number of nitrogens with zero attached hydrogens (tertiary/aromatic N) is 1. The summed E-state index contributed by atoms with van der Waals surface area (Å²) in [6.07, 6.45) is 0.885. The number of amides is 1. The van der Waals surface area contributed by atoms with Crippen LogP contribution in [0.15, 0.2) is 48.5 Å². The largest absolute Gasteiger partial charge is 0.352 e. The third-order valence-corrected chi connectivity index (χ3v) is 6.71. The Morgan fingerprint density at radius 2 is 1.43 bits per heavy atom. The number of sulfonamides is 1. The number of piperidine rings is 1. The number of benzene rings is 2. The van der Waals surface area contributed by atoms with Crippen LogP contribution in [0.25, 0.3) is 0 Å². The molecule has 3 rings (SSSR count). The van der Waals surface area contributed by atoms with E-state index in [9.17, 15) is 22.0 Å². The summed E-state index contributed by atoms with van der Waals surface area (Å²) in [7, 11) is -3.51. The van der Waals surface area contributed by atoms with Crippen LogP contribution in [0, 0.1) is 17.6 Å². The maximum absolute atomic E-state index is 13.0. The van der Waals surface area contributed by atoms with Crippen molar-refractivity contribution in [3.63, 3.8) is 0 Å². The Labute approximate surface area is 163 Å². The third kappa shape index (κ3) is 5.36. The highest BCUT2D eigenvalue weighted by Crippen LogP contribution is 2.22. The molecule has 0 bridgehead atoms. The summed E-state index contributed by atoms with van der Waals surface area (Å²) in [5.74, 6) is -1.30. The predicted octanol–water partition coefficient (Wildman–Crippen LogP) is 2.82. The van der Waals surface area contributed by atoms with Gasteiger partial charge in [-0.05, 0) is 48.2 Å². The van der Waals surface area contributed by atoms with E-state index >= 15 is 0 Å². The lowest BCUT2D eigenvalue weighted by molar-refractivity contribution is -0.126. The van der Waals surface area contributed by atoms with Crippen molar-refractivity contribution in [2.24, 2.45) is 5.92 Å². The second-order valence-corrected chi connectivity index (χ2v) is 8.87. The Kier molecular flexibility index (Phi) is 6.41. The normalized spacial score (nSPS) is 16.1. The molecule has 8 heteroatoms. The van der Waals surface area contributed by atoms with Crippen molar-refractivity contribution < 1.29 is 22.0 Å². The van der Waals surface area contributed by atoms with Gasteiger partial charge in [-0.1, -0.05) is 24.3 Å². The second-order valence-electron chi connectivity index (χ2n) is 6.90. The number of nitrogens with one attached hydrogen (secondary N) is 1. The first kappa shape index (κ1) is 20.4. The molecule has 150 valence electrons. The number of halogens is 2. The standard InChI is InChI=1S/C20H22F2N2O3S/c21-18-5-1-15(2-6-18)13-23-20(25)17-9-11-24(12-10-17)28(26,27)14-16-3-7-19(22)8-4-16/h1-8,17H,9-14H2,(H,23,25). The molecule has 0 aromatic heterocycles. The summed E-state index contributed by atoms with van der Waals surface area (Å²) in [4.78, 5) is 12.3. The number of hydrogen-bond donors (Lipinski definition) is 1. The Balaban J connectivity index is 1.49. The summed E-state index contributed by atoms with van der Waals surface area (Å²) in [5.41, 5.74) is 1.33. The van der Waals surface area contributed by atoms with Crippen molar-refractivity contribution in [2.45, 2.75) is 25.1 Å². The highest BCUT2D eigenvalue weighted by molar-refractivity contribution is 7.88. The molecule has 0 saturated carbocycles. The molecular weight excluding hydrogens is 386 g/mol. The van der Waals surface area contributed by atoms with Crippen LogP contribution in [-0.4, -0.2) is 31.7 Å². The van der Waals surface area contributed by atoms with Gasteiger partial charge in [-0.2, -0.15) is 0 Å². The van der Waals surface area contributed by atoms with Gasteiger partial charge in [0, 0.05) is 25.6 Å². The van der Waals surface area contributed by atoms with Crippen LogP contribution in [0.3, 0.4) is 0 Å². The van der Waals surface area contributed by atoms with E-state index in [0.717, 1.165) is 5.56 Å². The van der Waals surface area contributed by atoms with Crippen molar-refractivity contribution in [1.82, 2.24) is 9.62 Å². The number of rotatable bonds is 6. The fraction of sp³-hybridized carbons (Fsp3) is 0.350. The molecule has 28 heavy (non-hydrogen) atoms. The molecule has 1 amide bonds. The quantitative estimate of drug-likeness (QED) is 0.799. The Morgan fingerprint density at radius 3 is 1.96 bits per heavy atom. The number of carbonyl (C=O) groups is 1. The van der Waals surface area contributed by atoms with E-state index in [2.05, 4.69) is 5.32 Å². The van der Waals surface area contributed by atoms with E-state index in [4.69, 9.17) is 0 Å². The van der Waals surface area contributed by atoms with Crippen LogP contribution in [0.2, 0.25) is 0 Å². The first-order valence-electron chi connectivity index (χ1n) is 9.08. The monoisotopic (exact) mass is 408 g/mol. The first-order valence-corrected chi connectivity index (χ1v) is 10.7.